The predicted octanol–water partition coefficient (Wildman–Crippen LogP) is 3.61. The van der Waals surface area contributed by atoms with Crippen molar-refractivity contribution >= 4 is 33.8 Å². The van der Waals surface area contributed by atoms with E-state index in [1.807, 2.05) is 0 Å². The topological polar surface area (TPSA) is 27.3 Å². The number of fused-ring (bicyclic) bond motifs is 1. The SMILES string of the molecule is CC(C)N1CC[C@@H](NC(=S)Nc2ccc3ccccc3c2)C1. The number of hydrogen-bond acceptors (Lipinski definition) is 2. The molecular formula is C18H23N3S. The van der Waals surface area contributed by atoms with Crippen LogP contribution in [-0.2, 0) is 0 Å². The normalized spacial score (nSPS) is 18.8. The molecule has 1 atom stereocenters. The van der Waals surface area contributed by atoms with Gasteiger partial charge in [-0.2, -0.15) is 0 Å². The fourth-order valence-corrected chi connectivity index (χ4v) is 3.28. The van der Waals surface area contributed by atoms with E-state index in [4.69, 9.17) is 12.2 Å². The summed E-state index contributed by atoms with van der Waals surface area (Å²) in [4.78, 5) is 2.48. The van der Waals surface area contributed by atoms with Crippen molar-refractivity contribution in [1.82, 2.24) is 10.2 Å². The highest BCUT2D eigenvalue weighted by molar-refractivity contribution is 7.80. The molecule has 0 radical (unpaired) electrons. The third-order valence-corrected chi connectivity index (χ3v) is 4.51. The minimum absolute atomic E-state index is 0.447. The van der Waals surface area contributed by atoms with Gasteiger partial charge in [-0.15, -0.1) is 0 Å². The molecule has 3 rings (SSSR count). The molecule has 2 N–H and O–H groups in total. The van der Waals surface area contributed by atoms with Crippen molar-refractivity contribution in [1.29, 1.82) is 0 Å². The van der Waals surface area contributed by atoms with E-state index < -0.39 is 0 Å². The molecule has 0 aromatic heterocycles. The first-order valence-corrected chi connectivity index (χ1v) is 8.33. The van der Waals surface area contributed by atoms with Crippen LogP contribution in [-0.4, -0.2) is 35.2 Å². The van der Waals surface area contributed by atoms with Crippen molar-refractivity contribution in [3.05, 3.63) is 42.5 Å². The zero-order valence-corrected chi connectivity index (χ0v) is 14.0. The molecule has 0 saturated carbocycles. The van der Waals surface area contributed by atoms with Gasteiger partial charge in [0.1, 0.15) is 0 Å². The average Bonchev–Trinajstić information content (AvgIpc) is 2.95. The van der Waals surface area contributed by atoms with Crippen molar-refractivity contribution in [3.8, 4) is 0 Å². The summed E-state index contributed by atoms with van der Waals surface area (Å²) < 4.78 is 0. The van der Waals surface area contributed by atoms with Crippen LogP contribution in [0.15, 0.2) is 42.5 Å². The van der Waals surface area contributed by atoms with Gasteiger partial charge in [0.15, 0.2) is 5.11 Å². The Bertz CT molecular complexity index is 668. The van der Waals surface area contributed by atoms with Crippen LogP contribution < -0.4 is 10.6 Å². The highest BCUT2D eigenvalue weighted by Gasteiger charge is 2.24. The number of benzene rings is 2. The minimum atomic E-state index is 0.447. The fourth-order valence-electron chi connectivity index (χ4n) is 2.99. The van der Waals surface area contributed by atoms with Crippen LogP contribution in [0.3, 0.4) is 0 Å². The number of likely N-dealkylation sites (tertiary alicyclic amines) is 1. The molecule has 0 spiro atoms. The molecule has 4 heteroatoms. The van der Waals surface area contributed by atoms with Crippen molar-refractivity contribution in [2.75, 3.05) is 18.4 Å². The molecule has 1 aliphatic rings. The van der Waals surface area contributed by atoms with Gasteiger partial charge in [-0.3, -0.25) is 4.90 Å². The van der Waals surface area contributed by atoms with Crippen LogP contribution in [0.4, 0.5) is 5.69 Å². The predicted molar refractivity (Wildman–Crippen MR) is 98.4 cm³/mol. The van der Waals surface area contributed by atoms with Crippen molar-refractivity contribution in [2.45, 2.75) is 32.4 Å². The Balaban J connectivity index is 1.59. The lowest BCUT2D eigenvalue weighted by Crippen LogP contribution is -2.40. The standard InChI is InChI=1S/C18H23N3S/c1-13(2)21-10-9-17(12-21)20-18(22)19-16-8-7-14-5-3-4-6-15(14)11-16/h3-8,11,13,17H,9-10,12H2,1-2H3,(H2,19,20,22)/t17-/m1/s1. The molecule has 0 aliphatic carbocycles. The molecule has 2 aromatic rings. The van der Waals surface area contributed by atoms with Gasteiger partial charge >= 0.3 is 0 Å². The third-order valence-electron chi connectivity index (χ3n) is 4.29. The van der Waals surface area contributed by atoms with Crippen LogP contribution >= 0.6 is 12.2 Å². The summed E-state index contributed by atoms with van der Waals surface area (Å²) in [6.07, 6.45) is 1.15. The molecule has 1 saturated heterocycles. The van der Waals surface area contributed by atoms with Gasteiger partial charge in [-0.1, -0.05) is 30.3 Å². The summed E-state index contributed by atoms with van der Waals surface area (Å²) in [6, 6.07) is 15.7. The molecular weight excluding hydrogens is 290 g/mol. The molecule has 1 heterocycles. The molecule has 0 bridgehead atoms. The Hall–Kier alpha value is -1.65. The van der Waals surface area contributed by atoms with E-state index in [0.29, 0.717) is 17.2 Å². The highest BCUT2D eigenvalue weighted by atomic mass is 32.1. The Kier molecular flexibility index (Phi) is 4.60. The number of rotatable bonds is 3. The average molecular weight is 313 g/mol. The maximum Gasteiger partial charge on any atom is 0.171 e. The van der Waals surface area contributed by atoms with Crippen molar-refractivity contribution in [2.24, 2.45) is 0 Å². The van der Waals surface area contributed by atoms with E-state index in [-0.39, 0.29) is 0 Å². The van der Waals surface area contributed by atoms with Gasteiger partial charge in [-0.25, -0.2) is 0 Å². The Morgan fingerprint density at radius 3 is 2.68 bits per heavy atom. The van der Waals surface area contributed by atoms with Gasteiger partial charge < -0.3 is 10.6 Å². The molecule has 22 heavy (non-hydrogen) atoms. The number of thiocarbonyl (C=S) groups is 1. The van der Waals surface area contributed by atoms with Crippen molar-refractivity contribution < 1.29 is 0 Å². The van der Waals surface area contributed by atoms with Gasteiger partial charge in [0.25, 0.3) is 0 Å². The summed E-state index contributed by atoms with van der Waals surface area (Å²) in [5.41, 5.74) is 1.04. The van der Waals surface area contributed by atoms with Gasteiger partial charge in [0.05, 0.1) is 0 Å². The second kappa shape index (κ2) is 6.63. The summed E-state index contributed by atoms with van der Waals surface area (Å²) >= 11 is 5.46. The Morgan fingerprint density at radius 2 is 1.95 bits per heavy atom. The smallest absolute Gasteiger partial charge is 0.171 e. The van der Waals surface area contributed by atoms with Crippen LogP contribution in [0.25, 0.3) is 10.8 Å². The molecule has 2 aromatic carbocycles. The maximum absolute atomic E-state index is 5.46. The highest BCUT2D eigenvalue weighted by Crippen LogP contribution is 2.19. The van der Waals surface area contributed by atoms with Gasteiger partial charge in [-0.05, 0) is 55.4 Å². The lowest BCUT2D eigenvalue weighted by Gasteiger charge is -2.21. The lowest BCUT2D eigenvalue weighted by atomic mass is 10.1. The van der Waals surface area contributed by atoms with Gasteiger partial charge in [0.2, 0.25) is 0 Å². The monoisotopic (exact) mass is 313 g/mol. The summed E-state index contributed by atoms with van der Waals surface area (Å²) in [6.45, 7) is 6.70. The van der Waals surface area contributed by atoms with Gasteiger partial charge in [0, 0.05) is 30.9 Å². The number of anilines is 1. The van der Waals surface area contributed by atoms with Crippen LogP contribution in [0, 0.1) is 0 Å². The van der Waals surface area contributed by atoms with E-state index in [1.165, 1.54) is 10.8 Å². The molecule has 1 aliphatic heterocycles. The molecule has 0 amide bonds. The van der Waals surface area contributed by atoms with Crippen LogP contribution in [0.1, 0.15) is 20.3 Å². The fraction of sp³-hybridized carbons (Fsp3) is 0.389. The number of nitrogens with one attached hydrogen (secondary N) is 2. The molecule has 3 nitrogen and oxygen atoms in total. The summed E-state index contributed by atoms with van der Waals surface area (Å²) in [5.74, 6) is 0. The third kappa shape index (κ3) is 3.57. The quantitative estimate of drug-likeness (QED) is 0.847. The van der Waals surface area contributed by atoms with Crippen molar-refractivity contribution in [3.63, 3.8) is 0 Å². The molecule has 1 fully saturated rings. The largest absolute Gasteiger partial charge is 0.358 e. The van der Waals surface area contributed by atoms with E-state index in [1.54, 1.807) is 0 Å². The second-order valence-corrected chi connectivity index (χ2v) is 6.64. The van der Waals surface area contributed by atoms with E-state index in [2.05, 4.69) is 71.8 Å². The Labute approximate surface area is 137 Å². The zero-order chi connectivity index (χ0) is 15.5. The zero-order valence-electron chi connectivity index (χ0n) is 13.2. The summed E-state index contributed by atoms with van der Waals surface area (Å²) in [7, 11) is 0. The lowest BCUT2D eigenvalue weighted by molar-refractivity contribution is 0.271. The van der Waals surface area contributed by atoms with E-state index in [0.717, 1.165) is 25.2 Å². The first-order chi connectivity index (χ1) is 10.6. The minimum Gasteiger partial charge on any atom is -0.358 e. The number of nitrogens with zero attached hydrogens (tertiary/aromatic N) is 1. The van der Waals surface area contributed by atoms with Crippen LogP contribution in [0.2, 0.25) is 0 Å². The van der Waals surface area contributed by atoms with E-state index in [9.17, 15) is 0 Å². The Morgan fingerprint density at radius 1 is 1.18 bits per heavy atom. The molecule has 0 unspecified atom stereocenters. The van der Waals surface area contributed by atoms with E-state index >= 15 is 0 Å². The number of hydrogen-bond donors (Lipinski definition) is 2. The second-order valence-electron chi connectivity index (χ2n) is 6.23. The maximum atomic E-state index is 5.46. The summed E-state index contributed by atoms with van der Waals surface area (Å²) in [5, 5.41) is 9.93. The first kappa shape index (κ1) is 15.3. The first-order valence-electron chi connectivity index (χ1n) is 7.92. The molecule has 116 valence electrons. The van der Waals surface area contributed by atoms with Crippen LogP contribution in [0.5, 0.6) is 0 Å².